The Hall–Kier alpha value is -9.57. The predicted octanol–water partition coefficient (Wildman–Crippen LogP) is 20.1. The number of hydrogen-bond donors (Lipinski definition) is 0. The first kappa shape index (κ1) is 49.3. The van der Waals surface area contributed by atoms with Gasteiger partial charge < -0.3 is 0 Å². The normalized spacial score (nSPS) is 11.4. The third-order valence-corrected chi connectivity index (χ3v) is 15.1. The molecule has 12 rings (SSSR count). The van der Waals surface area contributed by atoms with Crippen LogP contribution in [0.3, 0.4) is 0 Å². The fourth-order valence-electron chi connectivity index (χ4n) is 11.1. The smallest absolute Gasteiger partial charge is 0.0705 e. The number of hydrogen-bond acceptors (Lipinski definition) is 3. The molecule has 0 fully saturated rings. The molecule has 12 aromatic rings. The summed E-state index contributed by atoms with van der Waals surface area (Å²) in [5.74, 6) is 0. The standard InChI is InChI=1S/C75H59N3/c1-50-43-53(72-31-17-19-40-76-72)33-36-60(50)66-27-13-10-24-63(66)56-45-57(64-25-11-14-28-67(64)61-37-34-54(44-51(61)2)73-32-18-20-41-77-73)47-58(46-56)65-26-12-15-29-68(65)70-38-35-55(74-49-59(39-42-78-74)75(3,4)5)48-71(70)69-30-16-9-23-62(69)52-21-7-6-8-22-52/h6-49H,1-5H3. The van der Waals surface area contributed by atoms with Crippen LogP contribution in [0.5, 0.6) is 0 Å². The number of rotatable bonds is 11. The van der Waals surface area contributed by atoms with Crippen LogP contribution in [0.15, 0.2) is 267 Å². The molecule has 0 saturated heterocycles. The molecule has 0 aliphatic heterocycles. The molecule has 0 spiro atoms. The van der Waals surface area contributed by atoms with E-state index in [4.69, 9.17) is 4.98 Å². The molecule has 374 valence electrons. The van der Waals surface area contributed by atoms with Gasteiger partial charge in [-0.1, -0.05) is 197 Å². The minimum atomic E-state index is -0.0270. The number of aryl methyl sites for hydroxylation is 2. The van der Waals surface area contributed by atoms with Gasteiger partial charge in [-0.25, -0.2) is 0 Å². The molecule has 0 aliphatic rings. The summed E-state index contributed by atoms with van der Waals surface area (Å²) in [5.41, 5.74) is 28.3. The first-order valence-corrected chi connectivity index (χ1v) is 26.9. The topological polar surface area (TPSA) is 38.7 Å². The molecule has 0 aliphatic carbocycles. The lowest BCUT2D eigenvalue weighted by Gasteiger charge is -2.21. The van der Waals surface area contributed by atoms with Crippen molar-refractivity contribution in [3.8, 4) is 123 Å². The van der Waals surface area contributed by atoms with Crippen LogP contribution in [0.2, 0.25) is 0 Å². The summed E-state index contributed by atoms with van der Waals surface area (Å²) in [6.45, 7) is 11.2. The lowest BCUT2D eigenvalue weighted by atomic mass is 9.83. The van der Waals surface area contributed by atoms with Crippen molar-refractivity contribution in [1.29, 1.82) is 0 Å². The minimum absolute atomic E-state index is 0.0270. The van der Waals surface area contributed by atoms with Gasteiger partial charge in [0.25, 0.3) is 0 Å². The average molecular weight is 1000 g/mol. The van der Waals surface area contributed by atoms with Gasteiger partial charge in [-0.05, 0) is 198 Å². The van der Waals surface area contributed by atoms with Gasteiger partial charge in [0, 0.05) is 35.3 Å². The largest absolute Gasteiger partial charge is 0.256 e. The maximum absolute atomic E-state index is 4.98. The summed E-state index contributed by atoms with van der Waals surface area (Å²) >= 11 is 0. The number of aromatic nitrogens is 3. The van der Waals surface area contributed by atoms with E-state index in [2.05, 4.69) is 269 Å². The van der Waals surface area contributed by atoms with Crippen molar-refractivity contribution in [2.24, 2.45) is 0 Å². The third-order valence-electron chi connectivity index (χ3n) is 15.1. The molecular weight excluding hydrogens is 943 g/mol. The lowest BCUT2D eigenvalue weighted by Crippen LogP contribution is -2.11. The Labute approximate surface area is 459 Å². The van der Waals surface area contributed by atoms with E-state index in [1.165, 1.54) is 50.1 Å². The molecule has 0 atom stereocenters. The van der Waals surface area contributed by atoms with E-state index in [-0.39, 0.29) is 5.41 Å². The average Bonchev–Trinajstić information content (AvgIpc) is 3.58. The number of nitrogens with zero attached hydrogens (tertiary/aromatic N) is 3. The highest BCUT2D eigenvalue weighted by atomic mass is 14.7. The van der Waals surface area contributed by atoms with Crippen LogP contribution in [0.4, 0.5) is 0 Å². The third kappa shape index (κ3) is 9.91. The molecule has 3 heterocycles. The van der Waals surface area contributed by atoms with Crippen LogP contribution >= 0.6 is 0 Å². The number of pyridine rings is 3. The van der Waals surface area contributed by atoms with Crippen LogP contribution in [-0.4, -0.2) is 15.0 Å². The molecule has 0 amide bonds. The van der Waals surface area contributed by atoms with Crippen LogP contribution in [0.25, 0.3) is 123 Å². The Bertz CT molecular complexity index is 3980. The summed E-state index contributed by atoms with van der Waals surface area (Å²) in [6.07, 6.45) is 5.67. The summed E-state index contributed by atoms with van der Waals surface area (Å²) < 4.78 is 0. The van der Waals surface area contributed by atoms with Gasteiger partial charge in [0.15, 0.2) is 0 Å². The molecule has 3 heteroatoms. The molecule has 3 nitrogen and oxygen atoms in total. The van der Waals surface area contributed by atoms with E-state index in [0.29, 0.717) is 0 Å². The van der Waals surface area contributed by atoms with Gasteiger partial charge in [0.2, 0.25) is 0 Å². The van der Waals surface area contributed by atoms with Crippen molar-refractivity contribution in [3.63, 3.8) is 0 Å². The van der Waals surface area contributed by atoms with Crippen molar-refractivity contribution < 1.29 is 0 Å². The molecule has 0 N–H and O–H groups in total. The Morgan fingerprint density at radius 2 is 0.590 bits per heavy atom. The fraction of sp³-hybridized carbons (Fsp3) is 0.0800. The van der Waals surface area contributed by atoms with E-state index in [1.807, 2.05) is 42.9 Å². The van der Waals surface area contributed by atoms with Gasteiger partial charge in [0.05, 0.1) is 17.1 Å². The van der Waals surface area contributed by atoms with E-state index in [1.54, 1.807) is 0 Å². The second kappa shape index (κ2) is 21.2. The highest BCUT2D eigenvalue weighted by molar-refractivity contribution is 6.00. The minimum Gasteiger partial charge on any atom is -0.256 e. The van der Waals surface area contributed by atoms with Crippen molar-refractivity contribution in [3.05, 3.63) is 284 Å². The van der Waals surface area contributed by atoms with Gasteiger partial charge in [-0.2, -0.15) is 0 Å². The van der Waals surface area contributed by atoms with Crippen LogP contribution < -0.4 is 0 Å². The quantitative estimate of drug-likeness (QED) is 0.130. The van der Waals surface area contributed by atoms with Crippen molar-refractivity contribution in [2.75, 3.05) is 0 Å². The molecule has 3 aromatic heterocycles. The van der Waals surface area contributed by atoms with Gasteiger partial charge >= 0.3 is 0 Å². The van der Waals surface area contributed by atoms with E-state index < -0.39 is 0 Å². The fourth-order valence-corrected chi connectivity index (χ4v) is 11.1. The molecule has 0 radical (unpaired) electrons. The zero-order valence-corrected chi connectivity index (χ0v) is 44.7. The van der Waals surface area contributed by atoms with Crippen molar-refractivity contribution in [2.45, 2.75) is 40.0 Å². The van der Waals surface area contributed by atoms with Crippen LogP contribution in [0.1, 0.15) is 37.5 Å². The summed E-state index contributed by atoms with van der Waals surface area (Å²) in [6, 6.07) is 90.4. The summed E-state index contributed by atoms with van der Waals surface area (Å²) in [4.78, 5) is 14.3. The highest BCUT2D eigenvalue weighted by Crippen LogP contribution is 2.47. The highest BCUT2D eigenvalue weighted by Gasteiger charge is 2.22. The molecular formula is C75H59N3. The lowest BCUT2D eigenvalue weighted by molar-refractivity contribution is 0.589. The molecule has 0 saturated carbocycles. The maximum atomic E-state index is 4.98. The Morgan fingerprint density at radius 3 is 1.03 bits per heavy atom. The zero-order valence-electron chi connectivity index (χ0n) is 44.7. The van der Waals surface area contributed by atoms with Crippen molar-refractivity contribution in [1.82, 2.24) is 15.0 Å². The molecule has 78 heavy (non-hydrogen) atoms. The maximum Gasteiger partial charge on any atom is 0.0705 e. The SMILES string of the molecule is Cc1cc(-c2ccccn2)ccc1-c1ccccc1-c1cc(-c2ccccc2-c2ccc(-c3ccccn3)cc2C)cc(-c2ccccc2-c2ccc(-c3cc(C(C)(C)C)ccn3)cc2-c2ccccc2-c2ccccc2)c1. The zero-order chi connectivity index (χ0) is 53.2. The first-order chi connectivity index (χ1) is 38.1. The van der Waals surface area contributed by atoms with E-state index in [9.17, 15) is 0 Å². The Kier molecular flexibility index (Phi) is 13.4. The second-order valence-corrected chi connectivity index (χ2v) is 21.3. The monoisotopic (exact) mass is 1000 g/mol. The number of benzene rings is 9. The molecule has 9 aromatic carbocycles. The van der Waals surface area contributed by atoms with Crippen LogP contribution in [0, 0.1) is 13.8 Å². The van der Waals surface area contributed by atoms with Gasteiger partial charge in [-0.3, -0.25) is 15.0 Å². The Balaban J connectivity index is 1.08. The van der Waals surface area contributed by atoms with Gasteiger partial charge in [-0.15, -0.1) is 0 Å². The van der Waals surface area contributed by atoms with Gasteiger partial charge in [0.1, 0.15) is 0 Å². The second-order valence-electron chi connectivity index (χ2n) is 21.3. The van der Waals surface area contributed by atoms with Crippen molar-refractivity contribution >= 4 is 0 Å². The Morgan fingerprint density at radius 1 is 0.231 bits per heavy atom. The molecule has 0 unspecified atom stereocenters. The first-order valence-electron chi connectivity index (χ1n) is 26.9. The van der Waals surface area contributed by atoms with E-state index in [0.717, 1.165) is 89.4 Å². The predicted molar refractivity (Wildman–Crippen MR) is 328 cm³/mol. The van der Waals surface area contributed by atoms with E-state index >= 15 is 0 Å². The summed E-state index contributed by atoms with van der Waals surface area (Å²) in [7, 11) is 0. The molecule has 0 bridgehead atoms. The van der Waals surface area contributed by atoms with Crippen LogP contribution in [-0.2, 0) is 5.41 Å². The summed E-state index contributed by atoms with van der Waals surface area (Å²) in [5, 5.41) is 0.